The molecule has 1 aromatic carbocycles. The van der Waals surface area contributed by atoms with Crippen LogP contribution in [0.15, 0.2) is 12.1 Å². The molecule has 5 heteroatoms. The van der Waals surface area contributed by atoms with Crippen molar-refractivity contribution in [2.24, 2.45) is 5.92 Å². The lowest BCUT2D eigenvalue weighted by Crippen LogP contribution is -2.35. The second kappa shape index (κ2) is 6.94. The number of fused-ring (bicyclic) bond motifs is 1. The van der Waals surface area contributed by atoms with Gasteiger partial charge in [-0.2, -0.15) is 0 Å². The number of hydrogen-bond acceptors (Lipinski definition) is 3. The normalized spacial score (nSPS) is 27.6. The summed E-state index contributed by atoms with van der Waals surface area (Å²) >= 11 is 0. The van der Waals surface area contributed by atoms with E-state index in [0.717, 1.165) is 42.4 Å². The molecule has 1 aromatic heterocycles. The lowest BCUT2D eigenvalue weighted by molar-refractivity contribution is 0.0795. The molecule has 1 saturated heterocycles. The minimum atomic E-state index is -0.179. The lowest BCUT2D eigenvalue weighted by atomic mass is 9.87. The van der Waals surface area contributed by atoms with E-state index in [1.165, 1.54) is 25.7 Å². The molecule has 2 aliphatic rings. The number of aromatic nitrogens is 2. The number of nitrogens with one attached hydrogen (secondary N) is 1. The van der Waals surface area contributed by atoms with Gasteiger partial charge in [0.25, 0.3) is 0 Å². The summed E-state index contributed by atoms with van der Waals surface area (Å²) in [6.07, 6.45) is 6.87. The molecule has 4 rings (SSSR count). The third-order valence-corrected chi connectivity index (χ3v) is 6.08. The monoisotopic (exact) mass is 345 g/mol. The fourth-order valence-electron chi connectivity index (χ4n) is 4.32. The molecule has 1 N–H and O–H groups in total. The molecule has 136 valence electrons. The van der Waals surface area contributed by atoms with Gasteiger partial charge in [0.1, 0.15) is 5.52 Å². The standard InChI is InChI=1S/C20H28FN3O/c1-13-5-7-15(8-6-13)24(2)20-22-17-10-9-16(18(21)19(17)23-20)14-4-3-11-25-12-14/h9-10,13-15H,3-8,11-12H2,1-2H3,(H,22,23). The second-order valence-corrected chi connectivity index (χ2v) is 7.86. The first-order chi connectivity index (χ1) is 12.1. The highest BCUT2D eigenvalue weighted by Crippen LogP contribution is 2.33. The van der Waals surface area contributed by atoms with Crippen LogP contribution in [0.2, 0.25) is 0 Å². The predicted molar refractivity (Wildman–Crippen MR) is 98.7 cm³/mol. The first-order valence-electron chi connectivity index (χ1n) is 9.62. The Labute approximate surface area is 148 Å². The van der Waals surface area contributed by atoms with Crippen molar-refractivity contribution in [2.45, 2.75) is 57.4 Å². The third kappa shape index (κ3) is 3.26. The Balaban J connectivity index is 1.60. The van der Waals surface area contributed by atoms with Gasteiger partial charge in [-0.15, -0.1) is 0 Å². The molecule has 2 heterocycles. The van der Waals surface area contributed by atoms with Crippen LogP contribution in [-0.2, 0) is 4.74 Å². The maximum Gasteiger partial charge on any atom is 0.203 e. The number of ether oxygens (including phenoxy) is 1. The van der Waals surface area contributed by atoms with Crippen molar-refractivity contribution < 1.29 is 9.13 Å². The SMILES string of the molecule is CC1CCC(N(C)c2nc3c(F)c(C4CCCOC4)ccc3[nH]2)CC1. The highest BCUT2D eigenvalue weighted by atomic mass is 19.1. The zero-order chi connectivity index (χ0) is 17.4. The average molecular weight is 345 g/mol. The first kappa shape index (κ1) is 16.8. The van der Waals surface area contributed by atoms with Crippen LogP contribution >= 0.6 is 0 Å². The quantitative estimate of drug-likeness (QED) is 0.883. The van der Waals surface area contributed by atoms with Crippen LogP contribution in [0, 0.1) is 11.7 Å². The predicted octanol–water partition coefficient (Wildman–Crippen LogP) is 4.61. The lowest BCUT2D eigenvalue weighted by Gasteiger charge is -2.33. The van der Waals surface area contributed by atoms with Gasteiger partial charge >= 0.3 is 0 Å². The van der Waals surface area contributed by atoms with Crippen LogP contribution < -0.4 is 4.90 Å². The van der Waals surface area contributed by atoms with Crippen molar-refractivity contribution in [3.63, 3.8) is 0 Å². The number of benzene rings is 1. The van der Waals surface area contributed by atoms with Crippen LogP contribution in [0.3, 0.4) is 0 Å². The van der Waals surface area contributed by atoms with Gasteiger partial charge in [-0.1, -0.05) is 13.0 Å². The van der Waals surface area contributed by atoms with Crippen LogP contribution in [0.25, 0.3) is 11.0 Å². The molecule has 1 aliphatic heterocycles. The number of hydrogen-bond donors (Lipinski definition) is 1. The van der Waals surface area contributed by atoms with E-state index in [1.54, 1.807) is 0 Å². The molecular weight excluding hydrogens is 317 g/mol. The molecular formula is C20H28FN3O. The maximum absolute atomic E-state index is 15.1. The summed E-state index contributed by atoms with van der Waals surface area (Å²) in [5.41, 5.74) is 2.00. The van der Waals surface area contributed by atoms with E-state index in [1.807, 2.05) is 12.1 Å². The van der Waals surface area contributed by atoms with Gasteiger partial charge in [-0.3, -0.25) is 0 Å². The number of imidazole rings is 1. The van der Waals surface area contributed by atoms with E-state index in [2.05, 4.69) is 28.8 Å². The maximum atomic E-state index is 15.1. The molecule has 2 fully saturated rings. The summed E-state index contributed by atoms with van der Waals surface area (Å²) in [6.45, 7) is 3.72. The topological polar surface area (TPSA) is 41.2 Å². The number of aromatic amines is 1. The van der Waals surface area contributed by atoms with Gasteiger partial charge in [-0.05, 0) is 56.1 Å². The number of H-pyrrole nitrogens is 1. The van der Waals surface area contributed by atoms with E-state index in [9.17, 15) is 0 Å². The van der Waals surface area contributed by atoms with Gasteiger partial charge in [0, 0.05) is 25.6 Å². The zero-order valence-corrected chi connectivity index (χ0v) is 15.2. The van der Waals surface area contributed by atoms with Crippen molar-refractivity contribution in [3.05, 3.63) is 23.5 Å². The van der Waals surface area contributed by atoms with Gasteiger partial charge in [0.05, 0.1) is 12.1 Å². The Bertz CT molecular complexity index is 730. The van der Waals surface area contributed by atoms with Crippen molar-refractivity contribution in [2.75, 3.05) is 25.2 Å². The Hall–Kier alpha value is -1.62. The van der Waals surface area contributed by atoms with Gasteiger partial charge < -0.3 is 14.6 Å². The molecule has 0 spiro atoms. The number of halogens is 1. The molecule has 1 aliphatic carbocycles. The average Bonchev–Trinajstić information content (AvgIpc) is 3.08. The minimum absolute atomic E-state index is 0.149. The van der Waals surface area contributed by atoms with Crippen LogP contribution in [0.5, 0.6) is 0 Å². The smallest absolute Gasteiger partial charge is 0.203 e. The highest BCUT2D eigenvalue weighted by molar-refractivity contribution is 5.79. The Morgan fingerprint density at radius 3 is 2.72 bits per heavy atom. The Morgan fingerprint density at radius 1 is 1.20 bits per heavy atom. The van der Waals surface area contributed by atoms with E-state index >= 15 is 4.39 Å². The first-order valence-corrected chi connectivity index (χ1v) is 9.62. The Kier molecular flexibility index (Phi) is 4.67. The van der Waals surface area contributed by atoms with Gasteiger partial charge in [0.2, 0.25) is 5.95 Å². The van der Waals surface area contributed by atoms with Crippen LogP contribution in [0.4, 0.5) is 10.3 Å². The molecule has 2 aromatic rings. The number of rotatable bonds is 3. The van der Waals surface area contributed by atoms with Crippen LogP contribution in [-0.4, -0.2) is 36.3 Å². The largest absolute Gasteiger partial charge is 0.381 e. The zero-order valence-electron chi connectivity index (χ0n) is 15.2. The van der Waals surface area contributed by atoms with E-state index < -0.39 is 0 Å². The summed E-state index contributed by atoms with van der Waals surface area (Å²) < 4.78 is 20.6. The molecule has 4 nitrogen and oxygen atoms in total. The van der Waals surface area contributed by atoms with Crippen molar-refractivity contribution in [3.8, 4) is 0 Å². The summed E-state index contributed by atoms with van der Waals surface area (Å²) in [4.78, 5) is 10.1. The molecule has 0 radical (unpaired) electrons. The summed E-state index contributed by atoms with van der Waals surface area (Å²) in [5, 5.41) is 0. The molecule has 0 amide bonds. The van der Waals surface area contributed by atoms with Crippen molar-refractivity contribution in [1.29, 1.82) is 0 Å². The summed E-state index contributed by atoms with van der Waals surface area (Å²) in [7, 11) is 2.08. The second-order valence-electron chi connectivity index (χ2n) is 7.86. The van der Waals surface area contributed by atoms with Crippen molar-refractivity contribution >= 4 is 17.0 Å². The van der Waals surface area contributed by atoms with Crippen molar-refractivity contribution in [1.82, 2.24) is 9.97 Å². The fraction of sp³-hybridized carbons (Fsp3) is 0.650. The van der Waals surface area contributed by atoms with E-state index in [4.69, 9.17) is 4.74 Å². The fourth-order valence-corrected chi connectivity index (χ4v) is 4.32. The molecule has 1 atom stereocenters. The molecule has 0 bridgehead atoms. The van der Waals surface area contributed by atoms with E-state index in [0.29, 0.717) is 18.2 Å². The Morgan fingerprint density at radius 2 is 2.00 bits per heavy atom. The molecule has 25 heavy (non-hydrogen) atoms. The van der Waals surface area contributed by atoms with Gasteiger partial charge in [-0.25, -0.2) is 9.37 Å². The van der Waals surface area contributed by atoms with Crippen LogP contribution in [0.1, 0.15) is 56.9 Å². The van der Waals surface area contributed by atoms with E-state index in [-0.39, 0.29) is 11.7 Å². The third-order valence-electron chi connectivity index (χ3n) is 6.08. The number of nitrogens with zero attached hydrogens (tertiary/aromatic N) is 2. The minimum Gasteiger partial charge on any atom is -0.381 e. The summed E-state index contributed by atoms with van der Waals surface area (Å²) in [5.74, 6) is 1.57. The molecule has 1 unspecified atom stereocenters. The highest BCUT2D eigenvalue weighted by Gasteiger charge is 2.25. The van der Waals surface area contributed by atoms with Gasteiger partial charge in [0.15, 0.2) is 5.82 Å². The summed E-state index contributed by atoms with van der Waals surface area (Å²) in [6, 6.07) is 4.36. The molecule has 1 saturated carbocycles. The number of anilines is 1.